The number of nitrogens with two attached hydrogens (primary N) is 2. The first-order chi connectivity index (χ1) is 17.2. The Bertz CT molecular complexity index is 1230. The summed E-state index contributed by atoms with van der Waals surface area (Å²) in [6.07, 6.45) is 4.88. The summed E-state index contributed by atoms with van der Waals surface area (Å²) in [6, 6.07) is 1.66. The minimum absolute atomic E-state index is 0.0503. The standard InChI is InChI=1S/C24H32ClN9O2/c1-5-33(6-2)8-7-29-22(35)15-10-17(30-12-15)11-18-19-20(25)31-24(27)32-21(19)34(23(18)36)13-16(26)9-14(3)28-4/h9-12,30H,5-8,13,26H2,1-4H3,(H,29,35)(H2,27,31,32)/b16-9-,18-11-,28-14?. The molecule has 3 rings (SSSR count). The van der Waals surface area contributed by atoms with Crippen molar-refractivity contribution < 1.29 is 9.59 Å². The fourth-order valence-corrected chi connectivity index (χ4v) is 4.08. The molecule has 2 aromatic rings. The zero-order valence-corrected chi connectivity index (χ0v) is 21.7. The van der Waals surface area contributed by atoms with Crippen molar-refractivity contribution in [1.29, 1.82) is 0 Å². The van der Waals surface area contributed by atoms with Gasteiger partial charge in [-0.05, 0) is 38.2 Å². The molecule has 0 saturated carbocycles. The summed E-state index contributed by atoms with van der Waals surface area (Å²) in [7, 11) is 1.65. The van der Waals surface area contributed by atoms with Crippen molar-refractivity contribution in [2.45, 2.75) is 20.8 Å². The highest BCUT2D eigenvalue weighted by molar-refractivity contribution is 6.41. The quantitative estimate of drug-likeness (QED) is 0.214. The van der Waals surface area contributed by atoms with Crippen LogP contribution in [0.3, 0.4) is 0 Å². The third kappa shape index (κ3) is 6.10. The van der Waals surface area contributed by atoms with E-state index in [1.807, 2.05) is 0 Å². The number of H-pyrrole nitrogens is 1. The number of aliphatic imine (C=N–C) groups is 1. The van der Waals surface area contributed by atoms with Gasteiger partial charge >= 0.3 is 0 Å². The second-order valence-corrected chi connectivity index (χ2v) is 8.59. The zero-order valence-electron chi connectivity index (χ0n) is 20.9. The number of carbonyl (C=O) groups excluding carboxylic acids is 2. The van der Waals surface area contributed by atoms with Gasteiger partial charge in [-0.3, -0.25) is 19.5 Å². The summed E-state index contributed by atoms with van der Waals surface area (Å²) in [4.78, 5) is 44.9. The highest BCUT2D eigenvalue weighted by atomic mass is 35.5. The lowest BCUT2D eigenvalue weighted by molar-refractivity contribution is -0.112. The van der Waals surface area contributed by atoms with Gasteiger partial charge in [-0.25, -0.2) is 4.98 Å². The Morgan fingerprint density at radius 1 is 1.33 bits per heavy atom. The molecule has 1 aliphatic rings. The van der Waals surface area contributed by atoms with Crippen LogP contribution in [0.1, 0.15) is 42.4 Å². The molecule has 0 spiro atoms. The van der Waals surface area contributed by atoms with Gasteiger partial charge in [0.15, 0.2) is 5.82 Å². The fourth-order valence-electron chi connectivity index (χ4n) is 3.81. The molecule has 12 heteroatoms. The van der Waals surface area contributed by atoms with E-state index in [1.165, 1.54) is 4.90 Å². The zero-order chi connectivity index (χ0) is 26.4. The minimum Gasteiger partial charge on any atom is -0.401 e. The van der Waals surface area contributed by atoms with Crippen LogP contribution in [0, 0.1) is 0 Å². The predicted octanol–water partition coefficient (Wildman–Crippen LogP) is 1.93. The molecule has 0 unspecified atom stereocenters. The molecule has 0 fully saturated rings. The van der Waals surface area contributed by atoms with Crippen LogP contribution in [0.15, 0.2) is 29.0 Å². The van der Waals surface area contributed by atoms with Gasteiger partial charge in [0.2, 0.25) is 5.95 Å². The number of likely N-dealkylation sites (N-methyl/N-ethyl adjacent to an activating group) is 1. The van der Waals surface area contributed by atoms with Crippen molar-refractivity contribution >= 4 is 52.5 Å². The Morgan fingerprint density at radius 2 is 2.06 bits per heavy atom. The van der Waals surface area contributed by atoms with Crippen LogP contribution < -0.4 is 21.7 Å². The lowest BCUT2D eigenvalue weighted by Crippen LogP contribution is -2.34. The monoisotopic (exact) mass is 513 g/mol. The molecule has 0 radical (unpaired) electrons. The number of hydrogen-bond donors (Lipinski definition) is 4. The Labute approximate surface area is 215 Å². The van der Waals surface area contributed by atoms with E-state index < -0.39 is 0 Å². The fraction of sp³-hybridized carbons (Fsp3) is 0.375. The third-order valence-corrected chi connectivity index (χ3v) is 6.10. The van der Waals surface area contributed by atoms with Gasteiger partial charge in [-0.1, -0.05) is 25.4 Å². The average molecular weight is 514 g/mol. The first kappa shape index (κ1) is 26.9. The molecule has 1 aliphatic heterocycles. The minimum atomic E-state index is -0.367. The van der Waals surface area contributed by atoms with Crippen molar-refractivity contribution in [1.82, 2.24) is 25.2 Å². The van der Waals surface area contributed by atoms with Crippen LogP contribution in [0.2, 0.25) is 5.15 Å². The molecule has 36 heavy (non-hydrogen) atoms. The van der Waals surface area contributed by atoms with Crippen LogP contribution in [0.5, 0.6) is 0 Å². The van der Waals surface area contributed by atoms with E-state index in [9.17, 15) is 9.59 Å². The summed E-state index contributed by atoms with van der Waals surface area (Å²) in [6.45, 7) is 9.18. The Morgan fingerprint density at radius 3 is 2.72 bits per heavy atom. The summed E-state index contributed by atoms with van der Waals surface area (Å²) >= 11 is 6.38. The molecule has 0 bridgehead atoms. The van der Waals surface area contributed by atoms with Crippen molar-refractivity contribution in [2.75, 3.05) is 50.4 Å². The Kier molecular flexibility index (Phi) is 8.83. The van der Waals surface area contributed by atoms with Crippen molar-refractivity contribution in [3.05, 3.63) is 46.0 Å². The number of anilines is 2. The summed E-state index contributed by atoms with van der Waals surface area (Å²) in [5.74, 6) is -0.362. The number of rotatable bonds is 10. The van der Waals surface area contributed by atoms with E-state index in [1.54, 1.807) is 38.4 Å². The van der Waals surface area contributed by atoms with Crippen LogP contribution in [0.4, 0.5) is 11.8 Å². The molecular formula is C24H32ClN9O2. The molecule has 192 valence electrons. The molecule has 3 heterocycles. The number of nitrogens with zero attached hydrogens (tertiary/aromatic N) is 5. The van der Waals surface area contributed by atoms with E-state index >= 15 is 0 Å². The Hall–Kier alpha value is -3.70. The highest BCUT2D eigenvalue weighted by Gasteiger charge is 2.37. The molecule has 0 aromatic carbocycles. The second kappa shape index (κ2) is 11.8. The molecule has 6 N–H and O–H groups in total. The first-order valence-corrected chi connectivity index (χ1v) is 12.0. The van der Waals surface area contributed by atoms with Gasteiger partial charge in [0.05, 0.1) is 23.2 Å². The van der Waals surface area contributed by atoms with Crippen LogP contribution in [0.25, 0.3) is 11.6 Å². The van der Waals surface area contributed by atoms with Gasteiger partial charge in [-0.15, -0.1) is 0 Å². The van der Waals surface area contributed by atoms with Crippen molar-refractivity contribution in [3.8, 4) is 0 Å². The average Bonchev–Trinajstić information content (AvgIpc) is 3.41. The third-order valence-electron chi connectivity index (χ3n) is 5.83. The number of carbonyl (C=O) groups is 2. The SMILES string of the molecule is CCN(CC)CCNC(=O)c1c[nH]c(/C=C2\C(=O)N(C/C(N)=C/C(C)=NC)c3nc(N)nc(Cl)c32)c1. The first-order valence-electron chi connectivity index (χ1n) is 11.6. The number of aromatic amines is 1. The van der Waals surface area contributed by atoms with Crippen LogP contribution in [-0.4, -0.2) is 77.1 Å². The number of fused-ring (bicyclic) bond motifs is 1. The van der Waals surface area contributed by atoms with Crippen LogP contribution >= 0.6 is 11.6 Å². The smallest absolute Gasteiger partial charge is 0.260 e. The maximum absolute atomic E-state index is 13.4. The lowest BCUT2D eigenvalue weighted by Gasteiger charge is -2.17. The Balaban J connectivity index is 1.86. The van der Waals surface area contributed by atoms with E-state index in [4.69, 9.17) is 23.1 Å². The van der Waals surface area contributed by atoms with Gasteiger partial charge in [0.1, 0.15) is 5.15 Å². The highest BCUT2D eigenvalue weighted by Crippen LogP contribution is 2.40. The summed E-state index contributed by atoms with van der Waals surface area (Å²) < 4.78 is 0. The molecular weight excluding hydrogens is 482 g/mol. The van der Waals surface area contributed by atoms with Crippen molar-refractivity contribution in [3.63, 3.8) is 0 Å². The number of aromatic nitrogens is 3. The maximum Gasteiger partial charge on any atom is 0.260 e. The van der Waals surface area contributed by atoms with E-state index in [0.29, 0.717) is 34.8 Å². The summed E-state index contributed by atoms with van der Waals surface area (Å²) in [5.41, 5.74) is 14.7. The topological polar surface area (TPSA) is 159 Å². The number of halogens is 1. The largest absolute Gasteiger partial charge is 0.401 e. The van der Waals surface area contributed by atoms with E-state index in [-0.39, 0.29) is 40.9 Å². The number of nitrogen functional groups attached to an aromatic ring is 1. The van der Waals surface area contributed by atoms with E-state index in [2.05, 4.69) is 44.0 Å². The van der Waals surface area contributed by atoms with Crippen LogP contribution in [-0.2, 0) is 4.79 Å². The van der Waals surface area contributed by atoms with Gasteiger partial charge in [-0.2, -0.15) is 4.98 Å². The molecule has 0 saturated heterocycles. The van der Waals surface area contributed by atoms with Gasteiger partial charge in [0, 0.05) is 43.4 Å². The molecule has 0 aliphatic carbocycles. The lowest BCUT2D eigenvalue weighted by atomic mass is 10.1. The number of nitrogens with one attached hydrogen (secondary N) is 2. The van der Waals surface area contributed by atoms with Gasteiger partial charge < -0.3 is 26.7 Å². The van der Waals surface area contributed by atoms with E-state index in [0.717, 1.165) is 19.6 Å². The van der Waals surface area contributed by atoms with Crippen molar-refractivity contribution in [2.24, 2.45) is 10.7 Å². The van der Waals surface area contributed by atoms with Gasteiger partial charge in [0.25, 0.3) is 11.8 Å². The predicted molar refractivity (Wildman–Crippen MR) is 144 cm³/mol. The number of hydrogen-bond acceptors (Lipinski definition) is 8. The normalized spacial score (nSPS) is 15.2. The number of amides is 2. The summed E-state index contributed by atoms with van der Waals surface area (Å²) in [5, 5.41) is 2.96. The molecule has 11 nitrogen and oxygen atoms in total. The molecule has 0 atom stereocenters. The maximum atomic E-state index is 13.4. The second-order valence-electron chi connectivity index (χ2n) is 8.23. The molecule has 2 aromatic heterocycles. The molecule has 2 amide bonds. The number of allylic oxidation sites excluding steroid dienone is 1.